The minimum atomic E-state index is -0.819. The maximum atomic E-state index is 12.6. The van der Waals surface area contributed by atoms with Crippen molar-refractivity contribution in [1.82, 2.24) is 0 Å². The molecule has 0 bridgehead atoms. The van der Waals surface area contributed by atoms with E-state index in [0.717, 1.165) is 0 Å². The number of carbonyl (C=O) groups is 2. The van der Waals surface area contributed by atoms with Gasteiger partial charge in [-0.25, -0.2) is 4.79 Å². The molecule has 9 nitrogen and oxygen atoms in total. The van der Waals surface area contributed by atoms with Gasteiger partial charge in [-0.05, 0) is 48.9 Å². The minimum absolute atomic E-state index is 0.0356. The molecule has 0 aliphatic rings. The van der Waals surface area contributed by atoms with E-state index in [4.69, 9.17) is 18.6 Å². The molecule has 1 heterocycles. The van der Waals surface area contributed by atoms with Crippen molar-refractivity contribution in [3.05, 3.63) is 81.4 Å². The zero-order valence-electron chi connectivity index (χ0n) is 19.9. The van der Waals surface area contributed by atoms with Crippen LogP contribution in [0.1, 0.15) is 41.7 Å². The zero-order valence-corrected chi connectivity index (χ0v) is 19.9. The molecule has 0 spiro atoms. The fourth-order valence-corrected chi connectivity index (χ4v) is 3.69. The lowest BCUT2D eigenvalue weighted by Crippen LogP contribution is -2.18. The maximum absolute atomic E-state index is 12.6. The number of carbonyl (C=O) groups excluding carboxylic acids is 2. The first-order valence-corrected chi connectivity index (χ1v) is 10.8. The van der Waals surface area contributed by atoms with Crippen LogP contribution in [0.25, 0.3) is 0 Å². The Morgan fingerprint density at radius 2 is 1.80 bits per heavy atom. The number of methoxy groups -OCH3 is 2. The summed E-state index contributed by atoms with van der Waals surface area (Å²) in [6, 6.07) is 13.4. The summed E-state index contributed by atoms with van der Waals surface area (Å²) >= 11 is 0. The molecule has 2 aromatic carbocycles. The lowest BCUT2D eigenvalue weighted by Gasteiger charge is -2.19. The summed E-state index contributed by atoms with van der Waals surface area (Å²) in [5.41, 5.74) is 1.10. The Morgan fingerprint density at radius 1 is 1.09 bits per heavy atom. The molecule has 0 aliphatic carbocycles. The first-order chi connectivity index (χ1) is 16.7. The van der Waals surface area contributed by atoms with Crippen LogP contribution in [0.5, 0.6) is 17.2 Å². The Labute approximate surface area is 202 Å². The molecule has 3 aromatic rings. The van der Waals surface area contributed by atoms with E-state index in [0.29, 0.717) is 28.3 Å². The third kappa shape index (κ3) is 6.41. The number of amides is 1. The Kier molecular flexibility index (Phi) is 8.14. The van der Waals surface area contributed by atoms with Gasteiger partial charge in [0.2, 0.25) is 5.91 Å². The molecular weight excluding hydrogens is 454 g/mol. The van der Waals surface area contributed by atoms with Gasteiger partial charge in [0.15, 0.2) is 0 Å². The molecule has 1 unspecified atom stereocenters. The van der Waals surface area contributed by atoms with Gasteiger partial charge in [-0.2, -0.15) is 0 Å². The highest BCUT2D eigenvalue weighted by Gasteiger charge is 2.27. The third-order valence-electron chi connectivity index (χ3n) is 5.31. The predicted molar refractivity (Wildman–Crippen MR) is 128 cm³/mol. The highest BCUT2D eigenvalue weighted by molar-refractivity contribution is 5.88. The van der Waals surface area contributed by atoms with Crippen molar-refractivity contribution < 1.29 is 33.3 Å². The predicted octanol–water partition coefficient (Wildman–Crippen LogP) is 3.89. The Morgan fingerprint density at radius 3 is 2.40 bits per heavy atom. The third-order valence-corrected chi connectivity index (χ3v) is 5.31. The van der Waals surface area contributed by atoms with Crippen LogP contribution < -0.4 is 20.4 Å². The van der Waals surface area contributed by atoms with Crippen LogP contribution >= 0.6 is 0 Å². The molecular formula is C26H27NO8. The second-order valence-electron chi connectivity index (χ2n) is 7.84. The summed E-state index contributed by atoms with van der Waals surface area (Å²) in [4.78, 5) is 36.0. The number of hydrogen-bond donors (Lipinski definition) is 2. The van der Waals surface area contributed by atoms with E-state index in [2.05, 4.69) is 5.32 Å². The van der Waals surface area contributed by atoms with Crippen molar-refractivity contribution >= 4 is 17.6 Å². The van der Waals surface area contributed by atoms with Crippen molar-refractivity contribution in [2.45, 2.75) is 32.8 Å². The summed E-state index contributed by atoms with van der Waals surface area (Å²) in [6.07, 6.45) is -0.185. The van der Waals surface area contributed by atoms with E-state index < -0.39 is 17.5 Å². The van der Waals surface area contributed by atoms with E-state index in [1.165, 1.54) is 27.2 Å². The Bertz CT molecular complexity index is 1260. The molecule has 3 rings (SSSR count). The van der Waals surface area contributed by atoms with Crippen LogP contribution in [0.15, 0.2) is 57.7 Å². The second-order valence-corrected chi connectivity index (χ2v) is 7.84. The van der Waals surface area contributed by atoms with Crippen LogP contribution in [0, 0.1) is 6.92 Å². The molecule has 0 fully saturated rings. The number of aromatic hydroxyl groups is 1. The van der Waals surface area contributed by atoms with Gasteiger partial charge >= 0.3 is 11.6 Å². The number of anilines is 1. The lowest BCUT2D eigenvalue weighted by atomic mass is 9.88. The quantitative estimate of drug-likeness (QED) is 0.441. The van der Waals surface area contributed by atoms with Gasteiger partial charge in [-0.15, -0.1) is 0 Å². The average Bonchev–Trinajstić information content (AvgIpc) is 2.81. The number of rotatable bonds is 9. The fourth-order valence-electron chi connectivity index (χ4n) is 3.69. The van der Waals surface area contributed by atoms with Crippen molar-refractivity contribution in [2.75, 3.05) is 19.5 Å². The van der Waals surface area contributed by atoms with E-state index >= 15 is 0 Å². The first kappa shape index (κ1) is 25.4. The van der Waals surface area contributed by atoms with E-state index in [9.17, 15) is 19.5 Å². The number of aryl methyl sites for hydroxylation is 1. The van der Waals surface area contributed by atoms with E-state index in [1.54, 1.807) is 49.4 Å². The van der Waals surface area contributed by atoms with E-state index in [-0.39, 0.29) is 36.0 Å². The number of hydrogen-bond acceptors (Lipinski definition) is 8. The number of nitrogens with one attached hydrogen (secondary N) is 1. The van der Waals surface area contributed by atoms with Gasteiger partial charge in [0, 0.05) is 30.2 Å². The summed E-state index contributed by atoms with van der Waals surface area (Å²) in [6.45, 7) is 3.10. The molecule has 0 aliphatic heterocycles. The first-order valence-electron chi connectivity index (χ1n) is 10.8. The zero-order chi connectivity index (χ0) is 25.5. The van der Waals surface area contributed by atoms with Gasteiger partial charge in [-0.3, -0.25) is 9.59 Å². The summed E-state index contributed by atoms with van der Waals surface area (Å²) < 4.78 is 21.3. The molecule has 1 aromatic heterocycles. The molecule has 0 saturated heterocycles. The maximum Gasteiger partial charge on any atom is 0.343 e. The van der Waals surface area contributed by atoms with Gasteiger partial charge in [0.1, 0.15) is 29.6 Å². The SMILES string of the molecule is COC(=O)CC(c1ccc(OC)c(COc2ccc(NC(C)=O)cc2)c1)c1c(O)cc(C)oc1=O. The molecule has 1 amide bonds. The molecule has 0 radical (unpaired) electrons. The largest absolute Gasteiger partial charge is 0.507 e. The summed E-state index contributed by atoms with van der Waals surface area (Å²) in [5.74, 6) is -0.449. The minimum Gasteiger partial charge on any atom is -0.507 e. The van der Waals surface area contributed by atoms with Crippen LogP contribution in [-0.2, 0) is 20.9 Å². The highest BCUT2D eigenvalue weighted by Crippen LogP contribution is 2.35. The van der Waals surface area contributed by atoms with E-state index in [1.807, 2.05) is 0 Å². The number of ether oxygens (including phenoxy) is 3. The Hall–Kier alpha value is -4.27. The smallest absolute Gasteiger partial charge is 0.343 e. The highest BCUT2D eigenvalue weighted by atomic mass is 16.5. The van der Waals surface area contributed by atoms with Crippen molar-refractivity contribution in [2.24, 2.45) is 0 Å². The molecule has 35 heavy (non-hydrogen) atoms. The molecule has 9 heteroatoms. The molecule has 184 valence electrons. The molecule has 1 atom stereocenters. The lowest BCUT2D eigenvalue weighted by molar-refractivity contribution is -0.140. The summed E-state index contributed by atoms with van der Waals surface area (Å²) in [5, 5.41) is 13.2. The van der Waals surface area contributed by atoms with Crippen LogP contribution in [0.4, 0.5) is 5.69 Å². The average molecular weight is 482 g/mol. The van der Waals surface area contributed by atoms with Crippen LogP contribution in [0.3, 0.4) is 0 Å². The molecule has 2 N–H and O–H groups in total. The number of benzene rings is 2. The van der Waals surface area contributed by atoms with Gasteiger partial charge < -0.3 is 29.1 Å². The monoisotopic (exact) mass is 481 g/mol. The van der Waals surface area contributed by atoms with Crippen molar-refractivity contribution in [1.29, 1.82) is 0 Å². The standard InChI is InChI=1S/C26H27NO8/c1-15-11-22(29)25(26(31)35-15)21(13-24(30)33-4)17-5-10-23(32-3)18(12-17)14-34-20-8-6-19(7-9-20)27-16(2)28/h5-12,21,29H,13-14H2,1-4H3,(H,27,28). The van der Waals surface area contributed by atoms with Gasteiger partial charge in [0.25, 0.3) is 0 Å². The second kappa shape index (κ2) is 11.2. The Balaban J connectivity index is 1.94. The normalized spacial score (nSPS) is 11.4. The fraction of sp³-hybridized carbons (Fsp3) is 0.269. The summed E-state index contributed by atoms with van der Waals surface area (Å²) in [7, 11) is 2.77. The van der Waals surface area contributed by atoms with Crippen molar-refractivity contribution in [3.63, 3.8) is 0 Å². The molecule has 0 saturated carbocycles. The number of esters is 1. The van der Waals surface area contributed by atoms with Gasteiger partial charge in [0.05, 0.1) is 26.2 Å². The van der Waals surface area contributed by atoms with Crippen LogP contribution in [-0.4, -0.2) is 31.2 Å². The van der Waals surface area contributed by atoms with Gasteiger partial charge in [-0.1, -0.05) is 6.07 Å². The topological polar surface area (TPSA) is 124 Å². The van der Waals surface area contributed by atoms with Crippen LogP contribution in [0.2, 0.25) is 0 Å². The van der Waals surface area contributed by atoms with Crippen molar-refractivity contribution in [3.8, 4) is 17.2 Å².